The molecule has 2 aromatic rings. The number of hydrogen-bond donors (Lipinski definition) is 1. The van der Waals surface area contributed by atoms with Crippen LogP contribution in [0.4, 0.5) is 0 Å². The average Bonchev–Trinajstić information content (AvgIpc) is 2.16. The Bertz CT molecular complexity index is 455. The summed E-state index contributed by atoms with van der Waals surface area (Å²) in [6.45, 7) is 3.97. The number of para-hydroxylation sites is 1. The van der Waals surface area contributed by atoms with Crippen LogP contribution in [0.3, 0.4) is 0 Å². The summed E-state index contributed by atoms with van der Waals surface area (Å²) in [6.07, 6.45) is 1.85. The Morgan fingerprint density at radius 1 is 1.21 bits per heavy atom. The zero-order chi connectivity index (χ0) is 10.2. The minimum Gasteiger partial charge on any atom is -0.322 e. The van der Waals surface area contributed by atoms with E-state index in [1.165, 1.54) is 0 Å². The monoisotopic (exact) mass is 186 g/mol. The summed E-state index contributed by atoms with van der Waals surface area (Å²) in [6, 6.07) is 10.2. The molecule has 0 amide bonds. The van der Waals surface area contributed by atoms with Crippen LogP contribution in [0.5, 0.6) is 0 Å². The molecular formula is C12H14N2. The van der Waals surface area contributed by atoms with Gasteiger partial charge in [-0.3, -0.25) is 4.98 Å². The number of nitrogens with zero attached hydrogens (tertiary/aromatic N) is 1. The van der Waals surface area contributed by atoms with Gasteiger partial charge in [0.25, 0.3) is 0 Å². The van der Waals surface area contributed by atoms with Crippen molar-refractivity contribution in [1.29, 1.82) is 0 Å². The smallest absolute Gasteiger partial charge is 0.0702 e. The van der Waals surface area contributed by atoms with E-state index < -0.39 is 0 Å². The van der Waals surface area contributed by atoms with Gasteiger partial charge in [-0.2, -0.15) is 0 Å². The number of benzene rings is 1. The molecule has 0 aliphatic heterocycles. The molecule has 0 fully saturated rings. The maximum absolute atomic E-state index is 6.01. The fourth-order valence-corrected chi connectivity index (χ4v) is 1.42. The average molecular weight is 186 g/mol. The van der Waals surface area contributed by atoms with Crippen LogP contribution in [0.25, 0.3) is 10.9 Å². The molecule has 2 nitrogen and oxygen atoms in total. The van der Waals surface area contributed by atoms with Crippen molar-refractivity contribution in [3.8, 4) is 0 Å². The van der Waals surface area contributed by atoms with Gasteiger partial charge >= 0.3 is 0 Å². The third-order valence-electron chi connectivity index (χ3n) is 2.33. The van der Waals surface area contributed by atoms with Crippen molar-refractivity contribution in [1.82, 2.24) is 4.98 Å². The lowest BCUT2D eigenvalue weighted by Crippen LogP contribution is -2.28. The predicted octanol–water partition coefficient (Wildman–Crippen LogP) is 2.43. The molecule has 0 radical (unpaired) electrons. The molecule has 0 saturated heterocycles. The normalized spacial score (nSPS) is 11.9. The minimum absolute atomic E-state index is 0.322. The van der Waals surface area contributed by atoms with Crippen molar-refractivity contribution in [3.05, 3.63) is 42.1 Å². The molecule has 14 heavy (non-hydrogen) atoms. The first-order chi connectivity index (χ1) is 6.57. The maximum atomic E-state index is 6.01. The summed E-state index contributed by atoms with van der Waals surface area (Å²) in [5.74, 6) is 0. The number of pyridine rings is 1. The summed E-state index contributed by atoms with van der Waals surface area (Å²) < 4.78 is 0. The van der Waals surface area contributed by atoms with Crippen LogP contribution >= 0.6 is 0 Å². The maximum Gasteiger partial charge on any atom is 0.0702 e. The van der Waals surface area contributed by atoms with E-state index in [1.54, 1.807) is 0 Å². The molecular weight excluding hydrogens is 172 g/mol. The highest BCUT2D eigenvalue weighted by Crippen LogP contribution is 2.20. The molecule has 0 aliphatic carbocycles. The second-order valence-electron chi connectivity index (χ2n) is 4.14. The Hall–Kier alpha value is -1.41. The van der Waals surface area contributed by atoms with E-state index >= 15 is 0 Å². The van der Waals surface area contributed by atoms with Crippen molar-refractivity contribution >= 4 is 10.9 Å². The summed E-state index contributed by atoms with van der Waals surface area (Å²) in [5, 5.41) is 1.14. The number of rotatable bonds is 1. The highest BCUT2D eigenvalue weighted by Gasteiger charge is 2.14. The molecule has 0 bridgehead atoms. The molecule has 2 rings (SSSR count). The van der Waals surface area contributed by atoms with Crippen molar-refractivity contribution < 1.29 is 0 Å². The van der Waals surface area contributed by atoms with Gasteiger partial charge in [0.05, 0.1) is 5.52 Å². The molecule has 0 atom stereocenters. The van der Waals surface area contributed by atoms with E-state index in [4.69, 9.17) is 5.73 Å². The lowest BCUT2D eigenvalue weighted by molar-refractivity contribution is 0.553. The van der Waals surface area contributed by atoms with Crippen LogP contribution in [-0.2, 0) is 5.54 Å². The number of hydrogen-bond acceptors (Lipinski definition) is 2. The third-order valence-corrected chi connectivity index (χ3v) is 2.33. The van der Waals surface area contributed by atoms with E-state index in [9.17, 15) is 0 Å². The van der Waals surface area contributed by atoms with Crippen molar-refractivity contribution in [2.45, 2.75) is 19.4 Å². The van der Waals surface area contributed by atoms with E-state index in [2.05, 4.69) is 17.1 Å². The summed E-state index contributed by atoms with van der Waals surface area (Å²) in [7, 11) is 0. The second-order valence-corrected chi connectivity index (χ2v) is 4.14. The minimum atomic E-state index is -0.322. The fourth-order valence-electron chi connectivity index (χ4n) is 1.42. The van der Waals surface area contributed by atoms with Gasteiger partial charge in [-0.05, 0) is 31.5 Å². The molecule has 2 heteroatoms. The summed E-state index contributed by atoms with van der Waals surface area (Å²) in [4.78, 5) is 4.37. The lowest BCUT2D eigenvalue weighted by Gasteiger charge is -2.18. The zero-order valence-electron chi connectivity index (χ0n) is 8.49. The second kappa shape index (κ2) is 3.07. The first kappa shape index (κ1) is 9.16. The van der Waals surface area contributed by atoms with Gasteiger partial charge < -0.3 is 5.73 Å². The topological polar surface area (TPSA) is 38.9 Å². The van der Waals surface area contributed by atoms with E-state index in [0.29, 0.717) is 0 Å². The third kappa shape index (κ3) is 1.61. The molecule has 1 heterocycles. The van der Waals surface area contributed by atoms with Gasteiger partial charge in [0.2, 0.25) is 0 Å². The SMILES string of the molecule is CC(C)(N)c1cnc2ccccc2c1. The van der Waals surface area contributed by atoms with Gasteiger partial charge in [0, 0.05) is 17.1 Å². The van der Waals surface area contributed by atoms with Crippen molar-refractivity contribution in [2.75, 3.05) is 0 Å². The number of aromatic nitrogens is 1. The summed E-state index contributed by atoms with van der Waals surface area (Å²) in [5.41, 5.74) is 7.77. The highest BCUT2D eigenvalue weighted by atomic mass is 14.7. The Labute approximate surface area is 83.8 Å². The van der Waals surface area contributed by atoms with E-state index in [1.807, 2.05) is 38.2 Å². The Kier molecular flexibility index (Phi) is 2.01. The fraction of sp³-hybridized carbons (Fsp3) is 0.250. The predicted molar refractivity (Wildman–Crippen MR) is 59.0 cm³/mol. The lowest BCUT2D eigenvalue weighted by atomic mass is 9.96. The highest BCUT2D eigenvalue weighted by molar-refractivity contribution is 5.78. The van der Waals surface area contributed by atoms with E-state index in [0.717, 1.165) is 16.5 Å². The van der Waals surface area contributed by atoms with Crippen LogP contribution in [0, 0.1) is 0 Å². The molecule has 72 valence electrons. The number of fused-ring (bicyclic) bond motifs is 1. The van der Waals surface area contributed by atoms with Crippen molar-refractivity contribution in [3.63, 3.8) is 0 Å². The molecule has 0 aliphatic rings. The molecule has 0 unspecified atom stereocenters. The molecule has 1 aromatic carbocycles. The van der Waals surface area contributed by atoms with Crippen LogP contribution in [0.1, 0.15) is 19.4 Å². The Morgan fingerprint density at radius 3 is 2.64 bits per heavy atom. The molecule has 0 spiro atoms. The van der Waals surface area contributed by atoms with Crippen LogP contribution in [-0.4, -0.2) is 4.98 Å². The zero-order valence-corrected chi connectivity index (χ0v) is 8.49. The standard InChI is InChI=1S/C12H14N2/c1-12(2,13)10-7-9-5-3-4-6-11(9)14-8-10/h3-8H,13H2,1-2H3. The van der Waals surface area contributed by atoms with Gasteiger partial charge in [-0.15, -0.1) is 0 Å². The summed E-state index contributed by atoms with van der Waals surface area (Å²) >= 11 is 0. The van der Waals surface area contributed by atoms with Crippen molar-refractivity contribution in [2.24, 2.45) is 5.73 Å². The first-order valence-corrected chi connectivity index (χ1v) is 4.71. The van der Waals surface area contributed by atoms with E-state index in [-0.39, 0.29) is 5.54 Å². The molecule has 1 aromatic heterocycles. The van der Waals surface area contributed by atoms with Gasteiger partial charge in [0.1, 0.15) is 0 Å². The first-order valence-electron chi connectivity index (χ1n) is 4.71. The van der Waals surface area contributed by atoms with Gasteiger partial charge in [-0.25, -0.2) is 0 Å². The van der Waals surface area contributed by atoms with Gasteiger partial charge in [-0.1, -0.05) is 18.2 Å². The van der Waals surface area contributed by atoms with Crippen LogP contribution < -0.4 is 5.73 Å². The van der Waals surface area contributed by atoms with Gasteiger partial charge in [0.15, 0.2) is 0 Å². The van der Waals surface area contributed by atoms with Crippen LogP contribution in [0.15, 0.2) is 36.5 Å². The Balaban J connectivity index is 2.63. The quantitative estimate of drug-likeness (QED) is 0.742. The largest absolute Gasteiger partial charge is 0.322 e. The molecule has 0 saturated carbocycles. The number of nitrogens with two attached hydrogens (primary N) is 1. The Morgan fingerprint density at radius 2 is 1.93 bits per heavy atom. The van der Waals surface area contributed by atoms with Crippen LogP contribution in [0.2, 0.25) is 0 Å². The molecule has 2 N–H and O–H groups in total.